The minimum atomic E-state index is -0.593. The third-order valence-corrected chi connectivity index (χ3v) is 3.43. The fourth-order valence-electron chi connectivity index (χ4n) is 2.25. The molecule has 2 aromatic rings. The molecule has 0 heterocycles. The van der Waals surface area contributed by atoms with Crippen molar-refractivity contribution in [1.82, 2.24) is 0 Å². The summed E-state index contributed by atoms with van der Waals surface area (Å²) in [5, 5.41) is 9.73. The third-order valence-electron chi connectivity index (χ3n) is 3.21. The standard InChI is InChI=1S/C16H15NS/c17-13-16(11-12-18,14-7-3-1-4-8-14)15-9-5-2-6-10-15/h1-10,18H,11-12H2. The van der Waals surface area contributed by atoms with Crippen LogP contribution in [0.15, 0.2) is 60.7 Å². The van der Waals surface area contributed by atoms with E-state index in [0.29, 0.717) is 12.2 Å². The Labute approximate surface area is 113 Å². The largest absolute Gasteiger partial charge is 0.197 e. The highest BCUT2D eigenvalue weighted by molar-refractivity contribution is 7.80. The van der Waals surface area contributed by atoms with E-state index in [0.717, 1.165) is 11.1 Å². The van der Waals surface area contributed by atoms with Gasteiger partial charge in [0.25, 0.3) is 0 Å². The summed E-state index contributed by atoms with van der Waals surface area (Å²) >= 11 is 4.32. The summed E-state index contributed by atoms with van der Waals surface area (Å²) in [5.74, 6) is 0.678. The average molecular weight is 253 g/mol. The van der Waals surface area contributed by atoms with Gasteiger partial charge in [0.2, 0.25) is 0 Å². The number of rotatable bonds is 4. The molecule has 1 nitrogen and oxygen atoms in total. The first-order valence-electron chi connectivity index (χ1n) is 5.96. The summed E-state index contributed by atoms with van der Waals surface area (Å²) in [6.45, 7) is 0. The van der Waals surface area contributed by atoms with Crippen molar-refractivity contribution < 1.29 is 0 Å². The molecule has 2 rings (SSSR count). The van der Waals surface area contributed by atoms with E-state index < -0.39 is 5.41 Å². The summed E-state index contributed by atoms with van der Waals surface area (Å²) in [7, 11) is 0. The van der Waals surface area contributed by atoms with Crippen LogP contribution in [0.4, 0.5) is 0 Å². The zero-order valence-corrected chi connectivity index (χ0v) is 11.0. The van der Waals surface area contributed by atoms with Crippen LogP contribution in [0.1, 0.15) is 17.5 Å². The second-order valence-electron chi connectivity index (χ2n) is 4.22. The normalized spacial score (nSPS) is 10.9. The molecular formula is C16H15NS. The average Bonchev–Trinajstić information content (AvgIpc) is 2.47. The first-order valence-corrected chi connectivity index (χ1v) is 6.60. The van der Waals surface area contributed by atoms with E-state index in [1.54, 1.807) is 0 Å². The Kier molecular flexibility index (Phi) is 4.07. The smallest absolute Gasteiger partial charge is 0.108 e. The van der Waals surface area contributed by atoms with Gasteiger partial charge in [0.15, 0.2) is 0 Å². The maximum Gasteiger partial charge on any atom is 0.108 e. The quantitative estimate of drug-likeness (QED) is 0.823. The maximum absolute atomic E-state index is 9.73. The van der Waals surface area contributed by atoms with Gasteiger partial charge in [-0.1, -0.05) is 60.7 Å². The molecule has 2 heteroatoms. The third kappa shape index (κ3) is 2.27. The molecule has 0 amide bonds. The number of hydrogen-bond acceptors (Lipinski definition) is 2. The van der Waals surface area contributed by atoms with E-state index in [4.69, 9.17) is 0 Å². The van der Waals surface area contributed by atoms with Crippen molar-refractivity contribution >= 4 is 12.6 Å². The summed E-state index contributed by atoms with van der Waals surface area (Å²) in [5.41, 5.74) is 1.48. The van der Waals surface area contributed by atoms with E-state index >= 15 is 0 Å². The molecule has 0 atom stereocenters. The summed E-state index contributed by atoms with van der Waals surface area (Å²) in [4.78, 5) is 0. The topological polar surface area (TPSA) is 23.8 Å². The fraction of sp³-hybridized carbons (Fsp3) is 0.188. The van der Waals surface area contributed by atoms with Crippen LogP contribution in [0.2, 0.25) is 0 Å². The van der Waals surface area contributed by atoms with Gasteiger partial charge in [0.1, 0.15) is 5.41 Å². The lowest BCUT2D eigenvalue weighted by Crippen LogP contribution is -2.26. The summed E-state index contributed by atoms with van der Waals surface area (Å²) in [6, 6.07) is 22.4. The van der Waals surface area contributed by atoms with E-state index in [1.165, 1.54) is 0 Å². The van der Waals surface area contributed by atoms with Gasteiger partial charge in [-0.3, -0.25) is 0 Å². The predicted octanol–water partition coefficient (Wildman–Crippen LogP) is 3.82. The van der Waals surface area contributed by atoms with E-state index in [-0.39, 0.29) is 0 Å². The van der Waals surface area contributed by atoms with Crippen LogP contribution in [0, 0.1) is 11.3 Å². The number of hydrogen-bond donors (Lipinski definition) is 1. The number of nitriles is 1. The molecule has 2 aromatic carbocycles. The Morgan fingerprint density at radius 3 is 1.67 bits per heavy atom. The lowest BCUT2D eigenvalue weighted by molar-refractivity contribution is 0.639. The summed E-state index contributed by atoms with van der Waals surface area (Å²) < 4.78 is 0. The first-order chi connectivity index (χ1) is 8.83. The van der Waals surface area contributed by atoms with Crippen LogP contribution in [0.25, 0.3) is 0 Å². The monoisotopic (exact) mass is 253 g/mol. The lowest BCUT2D eigenvalue weighted by atomic mass is 9.74. The van der Waals surface area contributed by atoms with Gasteiger partial charge in [-0.15, -0.1) is 0 Å². The molecule has 0 saturated heterocycles. The van der Waals surface area contributed by atoms with Crippen LogP contribution in [-0.4, -0.2) is 5.75 Å². The number of nitrogens with zero attached hydrogens (tertiary/aromatic N) is 1. The molecule has 0 bridgehead atoms. The van der Waals surface area contributed by atoms with E-state index in [1.807, 2.05) is 60.7 Å². The highest BCUT2D eigenvalue weighted by Gasteiger charge is 2.33. The van der Waals surface area contributed by atoms with Crippen molar-refractivity contribution in [3.63, 3.8) is 0 Å². The molecule has 0 aliphatic rings. The molecule has 0 spiro atoms. The van der Waals surface area contributed by atoms with Gasteiger partial charge in [0, 0.05) is 0 Å². The molecule has 0 fully saturated rings. The molecule has 0 N–H and O–H groups in total. The number of thiol groups is 1. The Morgan fingerprint density at radius 1 is 0.889 bits per heavy atom. The predicted molar refractivity (Wildman–Crippen MR) is 77.7 cm³/mol. The number of benzene rings is 2. The molecule has 0 aliphatic carbocycles. The molecule has 0 aromatic heterocycles. The van der Waals surface area contributed by atoms with Gasteiger partial charge < -0.3 is 0 Å². The van der Waals surface area contributed by atoms with Gasteiger partial charge in [-0.25, -0.2) is 0 Å². The fourth-order valence-corrected chi connectivity index (χ4v) is 2.59. The Balaban J connectivity index is 2.58. The zero-order valence-electron chi connectivity index (χ0n) is 10.1. The highest BCUT2D eigenvalue weighted by atomic mass is 32.1. The molecular weight excluding hydrogens is 238 g/mol. The van der Waals surface area contributed by atoms with Crippen molar-refractivity contribution in [3.8, 4) is 6.07 Å². The Hall–Kier alpha value is -1.72. The maximum atomic E-state index is 9.73. The van der Waals surface area contributed by atoms with Gasteiger partial charge in [-0.05, 0) is 23.3 Å². The minimum Gasteiger partial charge on any atom is -0.197 e. The zero-order chi connectivity index (χ0) is 12.8. The van der Waals surface area contributed by atoms with Crippen molar-refractivity contribution in [2.24, 2.45) is 0 Å². The lowest BCUT2D eigenvalue weighted by Gasteiger charge is -2.27. The van der Waals surface area contributed by atoms with Crippen LogP contribution in [-0.2, 0) is 5.41 Å². The van der Waals surface area contributed by atoms with Crippen molar-refractivity contribution in [3.05, 3.63) is 71.8 Å². The Morgan fingerprint density at radius 2 is 1.33 bits per heavy atom. The highest BCUT2D eigenvalue weighted by Crippen LogP contribution is 2.35. The molecule has 0 radical (unpaired) electrons. The van der Waals surface area contributed by atoms with Crippen LogP contribution in [0.3, 0.4) is 0 Å². The van der Waals surface area contributed by atoms with Gasteiger partial charge in [0.05, 0.1) is 6.07 Å². The minimum absolute atomic E-state index is 0.593. The van der Waals surface area contributed by atoms with E-state index in [9.17, 15) is 5.26 Å². The van der Waals surface area contributed by atoms with Crippen molar-refractivity contribution in [2.45, 2.75) is 11.8 Å². The van der Waals surface area contributed by atoms with Crippen LogP contribution in [0.5, 0.6) is 0 Å². The molecule has 0 unspecified atom stereocenters. The van der Waals surface area contributed by atoms with Gasteiger partial charge in [-0.2, -0.15) is 17.9 Å². The molecule has 18 heavy (non-hydrogen) atoms. The Bertz CT molecular complexity index is 489. The van der Waals surface area contributed by atoms with Crippen molar-refractivity contribution in [2.75, 3.05) is 5.75 Å². The second kappa shape index (κ2) is 5.75. The first kappa shape index (κ1) is 12.7. The molecule has 0 saturated carbocycles. The van der Waals surface area contributed by atoms with Crippen LogP contribution < -0.4 is 0 Å². The van der Waals surface area contributed by atoms with Crippen LogP contribution >= 0.6 is 12.6 Å². The van der Waals surface area contributed by atoms with Crippen molar-refractivity contribution in [1.29, 1.82) is 5.26 Å². The van der Waals surface area contributed by atoms with E-state index in [2.05, 4.69) is 18.7 Å². The molecule has 90 valence electrons. The van der Waals surface area contributed by atoms with Gasteiger partial charge >= 0.3 is 0 Å². The molecule has 0 aliphatic heterocycles. The SMILES string of the molecule is N#CC(CCS)(c1ccccc1)c1ccccc1. The second-order valence-corrected chi connectivity index (χ2v) is 4.67. The summed E-state index contributed by atoms with van der Waals surface area (Å²) in [6.07, 6.45) is 0.709.